The number of ether oxygens (including phenoxy) is 1. The minimum absolute atomic E-state index is 0.334. The number of anilines is 1. The quantitative estimate of drug-likeness (QED) is 0.601. The van der Waals surface area contributed by atoms with E-state index in [1.54, 1.807) is 25.3 Å². The SMILES string of the molecule is COc1ccc([NH-])c(N)c1. The summed E-state index contributed by atoms with van der Waals surface area (Å²) in [6.07, 6.45) is 0. The first-order chi connectivity index (χ1) is 4.74. The van der Waals surface area contributed by atoms with Crippen molar-refractivity contribution in [3.63, 3.8) is 0 Å². The Morgan fingerprint density at radius 2 is 2.20 bits per heavy atom. The van der Waals surface area contributed by atoms with Crippen LogP contribution in [0.5, 0.6) is 5.75 Å². The lowest BCUT2D eigenvalue weighted by Gasteiger charge is -2.08. The van der Waals surface area contributed by atoms with Crippen molar-refractivity contribution in [2.45, 2.75) is 0 Å². The molecule has 3 heteroatoms. The minimum Gasteiger partial charge on any atom is -0.697 e. The molecule has 0 aliphatic rings. The van der Waals surface area contributed by atoms with Crippen LogP contribution in [0.3, 0.4) is 0 Å². The molecule has 1 rings (SSSR count). The maximum atomic E-state index is 7.21. The smallest absolute Gasteiger partial charge is 0.120 e. The normalized spacial score (nSPS) is 9.30. The van der Waals surface area contributed by atoms with Gasteiger partial charge in [0, 0.05) is 11.8 Å². The molecular weight excluding hydrogens is 128 g/mol. The Kier molecular flexibility index (Phi) is 1.67. The molecule has 3 N–H and O–H groups in total. The third kappa shape index (κ3) is 1.13. The zero-order valence-corrected chi connectivity index (χ0v) is 5.72. The van der Waals surface area contributed by atoms with Gasteiger partial charge in [-0.2, -0.15) is 0 Å². The van der Waals surface area contributed by atoms with E-state index in [0.29, 0.717) is 17.1 Å². The summed E-state index contributed by atoms with van der Waals surface area (Å²) in [6.45, 7) is 0. The molecule has 0 heterocycles. The van der Waals surface area contributed by atoms with E-state index in [4.69, 9.17) is 16.2 Å². The molecule has 0 saturated carbocycles. The lowest BCUT2D eigenvalue weighted by molar-refractivity contribution is 0.415. The topological polar surface area (TPSA) is 59.0 Å². The standard InChI is InChI=1S/C7H9N2O/c1-10-5-2-3-6(8)7(9)4-5/h2-4,8H,9H2,1H3/q-1. The molecular formula is C7H9N2O-. The number of rotatable bonds is 1. The number of nitrogens with one attached hydrogen (secondary N) is 1. The van der Waals surface area contributed by atoms with Crippen LogP contribution in [0.4, 0.5) is 11.4 Å². The van der Waals surface area contributed by atoms with Crippen molar-refractivity contribution in [3.05, 3.63) is 23.9 Å². The highest BCUT2D eigenvalue weighted by molar-refractivity contribution is 5.67. The molecule has 0 radical (unpaired) electrons. The first kappa shape index (κ1) is 6.74. The van der Waals surface area contributed by atoms with E-state index in [1.807, 2.05) is 0 Å². The van der Waals surface area contributed by atoms with Gasteiger partial charge in [-0.25, -0.2) is 0 Å². The van der Waals surface area contributed by atoms with Crippen molar-refractivity contribution in [1.29, 1.82) is 0 Å². The van der Waals surface area contributed by atoms with E-state index < -0.39 is 0 Å². The molecule has 1 aromatic rings. The number of hydrogen-bond acceptors (Lipinski definition) is 2. The average molecular weight is 137 g/mol. The molecule has 0 unspecified atom stereocenters. The van der Waals surface area contributed by atoms with Gasteiger partial charge in [0.2, 0.25) is 0 Å². The van der Waals surface area contributed by atoms with Crippen LogP contribution in [-0.4, -0.2) is 7.11 Å². The van der Waals surface area contributed by atoms with Gasteiger partial charge < -0.3 is 16.2 Å². The molecule has 0 spiro atoms. The van der Waals surface area contributed by atoms with Crippen molar-refractivity contribution in [2.24, 2.45) is 0 Å². The summed E-state index contributed by atoms with van der Waals surface area (Å²) in [5.74, 6) is 0.688. The van der Waals surface area contributed by atoms with Crippen LogP contribution in [0.15, 0.2) is 18.2 Å². The van der Waals surface area contributed by atoms with Crippen LogP contribution in [0, 0.1) is 0 Å². The third-order valence-electron chi connectivity index (χ3n) is 1.26. The molecule has 1 aromatic carbocycles. The van der Waals surface area contributed by atoms with E-state index >= 15 is 0 Å². The Bertz CT molecular complexity index is 235. The van der Waals surface area contributed by atoms with E-state index in [-0.39, 0.29) is 0 Å². The van der Waals surface area contributed by atoms with Gasteiger partial charge in [0.05, 0.1) is 7.11 Å². The van der Waals surface area contributed by atoms with Gasteiger partial charge in [-0.15, -0.1) is 5.69 Å². The highest BCUT2D eigenvalue weighted by Crippen LogP contribution is 2.24. The van der Waals surface area contributed by atoms with E-state index in [2.05, 4.69) is 0 Å². The average Bonchev–Trinajstić information content (AvgIpc) is 1.95. The van der Waals surface area contributed by atoms with Crippen molar-refractivity contribution < 1.29 is 4.74 Å². The lowest BCUT2D eigenvalue weighted by atomic mass is 10.2. The molecule has 0 aromatic heterocycles. The van der Waals surface area contributed by atoms with Gasteiger partial charge in [0.15, 0.2) is 0 Å². The summed E-state index contributed by atoms with van der Waals surface area (Å²) in [7, 11) is 1.57. The Balaban J connectivity index is 3.04. The fourth-order valence-electron chi connectivity index (χ4n) is 0.668. The second-order valence-electron chi connectivity index (χ2n) is 1.95. The Morgan fingerprint density at radius 3 is 2.70 bits per heavy atom. The van der Waals surface area contributed by atoms with Gasteiger partial charge in [-0.1, -0.05) is 6.07 Å². The molecule has 0 fully saturated rings. The van der Waals surface area contributed by atoms with Crippen molar-refractivity contribution in [3.8, 4) is 5.75 Å². The molecule has 0 aliphatic heterocycles. The van der Waals surface area contributed by atoms with E-state index in [1.165, 1.54) is 0 Å². The third-order valence-corrected chi connectivity index (χ3v) is 1.26. The summed E-state index contributed by atoms with van der Waals surface area (Å²) in [6, 6.07) is 4.94. The van der Waals surface area contributed by atoms with Crippen LogP contribution >= 0.6 is 0 Å². The maximum Gasteiger partial charge on any atom is 0.120 e. The molecule has 0 atom stereocenters. The second kappa shape index (κ2) is 2.47. The zero-order valence-electron chi connectivity index (χ0n) is 5.72. The number of nitrogen functional groups attached to an aromatic ring is 1. The van der Waals surface area contributed by atoms with Crippen LogP contribution in [0.1, 0.15) is 0 Å². The monoisotopic (exact) mass is 137 g/mol. The Labute approximate surface area is 59.6 Å². The van der Waals surface area contributed by atoms with Gasteiger partial charge in [-0.05, 0) is 6.07 Å². The highest BCUT2D eigenvalue weighted by atomic mass is 16.5. The fraction of sp³-hybridized carbons (Fsp3) is 0.143. The summed E-state index contributed by atoms with van der Waals surface area (Å²) < 4.78 is 4.89. The summed E-state index contributed by atoms with van der Waals surface area (Å²) >= 11 is 0. The molecule has 54 valence electrons. The van der Waals surface area contributed by atoms with Gasteiger partial charge in [-0.3, -0.25) is 0 Å². The lowest BCUT2D eigenvalue weighted by Crippen LogP contribution is -1.87. The van der Waals surface area contributed by atoms with Crippen LogP contribution in [0.2, 0.25) is 0 Å². The largest absolute Gasteiger partial charge is 0.697 e. The van der Waals surface area contributed by atoms with E-state index in [9.17, 15) is 0 Å². The predicted octanol–water partition coefficient (Wildman–Crippen LogP) is 1.96. The van der Waals surface area contributed by atoms with Crippen LogP contribution < -0.4 is 10.5 Å². The summed E-state index contributed by atoms with van der Waals surface area (Å²) in [5, 5.41) is 0. The maximum absolute atomic E-state index is 7.21. The summed E-state index contributed by atoms with van der Waals surface area (Å²) in [5.41, 5.74) is 13.4. The Hall–Kier alpha value is -1.38. The number of methoxy groups -OCH3 is 1. The second-order valence-corrected chi connectivity index (χ2v) is 1.95. The molecule has 10 heavy (non-hydrogen) atoms. The molecule has 3 nitrogen and oxygen atoms in total. The fourth-order valence-corrected chi connectivity index (χ4v) is 0.668. The first-order valence-corrected chi connectivity index (χ1v) is 2.89. The Morgan fingerprint density at radius 1 is 1.50 bits per heavy atom. The summed E-state index contributed by atoms with van der Waals surface area (Å²) in [4.78, 5) is 0. The van der Waals surface area contributed by atoms with Crippen molar-refractivity contribution >= 4 is 11.4 Å². The number of hydrogen-bond donors (Lipinski definition) is 1. The van der Waals surface area contributed by atoms with Crippen LogP contribution in [0.25, 0.3) is 5.73 Å². The molecule has 0 bridgehead atoms. The van der Waals surface area contributed by atoms with Crippen molar-refractivity contribution in [1.82, 2.24) is 0 Å². The molecule has 0 amide bonds. The molecule has 0 aliphatic carbocycles. The first-order valence-electron chi connectivity index (χ1n) is 2.89. The van der Waals surface area contributed by atoms with E-state index in [0.717, 1.165) is 0 Å². The van der Waals surface area contributed by atoms with Crippen molar-refractivity contribution in [2.75, 3.05) is 12.8 Å². The van der Waals surface area contributed by atoms with Gasteiger partial charge in [0.25, 0.3) is 0 Å². The molecule has 0 saturated heterocycles. The van der Waals surface area contributed by atoms with Gasteiger partial charge in [0.1, 0.15) is 5.75 Å². The minimum atomic E-state index is 0.334. The number of benzene rings is 1. The predicted molar refractivity (Wildman–Crippen MR) is 41.4 cm³/mol. The highest BCUT2D eigenvalue weighted by Gasteiger charge is 1.90. The number of nitrogens with two attached hydrogens (primary N) is 1. The zero-order chi connectivity index (χ0) is 7.56. The van der Waals surface area contributed by atoms with Gasteiger partial charge >= 0.3 is 0 Å². The van der Waals surface area contributed by atoms with Crippen LogP contribution in [-0.2, 0) is 0 Å².